The first-order chi connectivity index (χ1) is 6.40. The van der Waals surface area contributed by atoms with Gasteiger partial charge in [0.1, 0.15) is 5.76 Å². The molecular weight excluding hydrogens is 168 g/mol. The molecule has 1 aliphatic heterocycles. The maximum atomic E-state index is 9.08. The van der Waals surface area contributed by atoms with Gasteiger partial charge in [0.25, 0.3) is 0 Å². The third kappa shape index (κ3) is 1.89. The van der Waals surface area contributed by atoms with Gasteiger partial charge in [0.05, 0.1) is 19.3 Å². The Balaban J connectivity index is 1.94. The average molecular weight is 182 g/mol. The van der Waals surface area contributed by atoms with E-state index >= 15 is 0 Å². The van der Waals surface area contributed by atoms with Crippen LogP contribution in [-0.4, -0.2) is 34.2 Å². The summed E-state index contributed by atoms with van der Waals surface area (Å²) in [6.45, 7) is 2.06. The topological polar surface area (TPSA) is 49.5 Å². The van der Waals surface area contributed by atoms with Crippen LogP contribution in [0.25, 0.3) is 0 Å². The van der Waals surface area contributed by atoms with Gasteiger partial charge >= 0.3 is 0 Å². The molecule has 0 aliphatic carbocycles. The van der Waals surface area contributed by atoms with Crippen LogP contribution in [0.3, 0.4) is 0 Å². The first-order valence-electron chi connectivity index (χ1n) is 4.62. The third-order valence-corrected chi connectivity index (χ3v) is 2.55. The van der Waals surface area contributed by atoms with Crippen LogP contribution in [0.5, 0.6) is 0 Å². The number of rotatable bonds is 3. The lowest BCUT2D eigenvalue weighted by Crippen LogP contribution is -2.31. The summed E-state index contributed by atoms with van der Waals surface area (Å²) in [7, 11) is 0. The fraction of sp³-hybridized carbons (Fsp3) is 0.667. The second-order valence-corrected chi connectivity index (χ2v) is 3.42. The molecule has 0 spiro atoms. The number of hydrogen-bond acceptors (Lipinski definition) is 4. The summed E-state index contributed by atoms with van der Waals surface area (Å²) in [6, 6.07) is 0.310. The molecule has 13 heavy (non-hydrogen) atoms. The zero-order valence-corrected chi connectivity index (χ0v) is 7.52. The van der Waals surface area contributed by atoms with Gasteiger partial charge in [-0.2, -0.15) is 0 Å². The lowest BCUT2D eigenvalue weighted by molar-refractivity contribution is 0.146. The molecule has 4 nitrogen and oxygen atoms in total. The summed E-state index contributed by atoms with van der Waals surface area (Å²) in [5, 5.41) is 9.08. The Kier molecular flexibility index (Phi) is 2.61. The van der Waals surface area contributed by atoms with E-state index in [9.17, 15) is 0 Å². The summed E-state index contributed by atoms with van der Waals surface area (Å²) in [5.41, 5.74) is 0. The van der Waals surface area contributed by atoms with Crippen molar-refractivity contribution in [1.29, 1.82) is 0 Å². The molecule has 0 amide bonds. The molecule has 1 atom stereocenters. The second-order valence-electron chi connectivity index (χ2n) is 3.42. The fourth-order valence-electron chi connectivity index (χ4n) is 1.83. The summed E-state index contributed by atoms with van der Waals surface area (Å²) < 4.78 is 5.15. The highest BCUT2D eigenvalue weighted by atomic mass is 16.3. The van der Waals surface area contributed by atoms with E-state index in [0.717, 1.165) is 25.3 Å². The normalized spacial score (nSPS) is 23.9. The first kappa shape index (κ1) is 8.72. The average Bonchev–Trinajstić information content (AvgIpc) is 2.76. The molecule has 2 rings (SSSR count). The quantitative estimate of drug-likeness (QED) is 0.745. The Morgan fingerprint density at radius 3 is 3.31 bits per heavy atom. The Hall–Kier alpha value is -0.870. The SMILES string of the molecule is OCC1CCCN1Cc1cnco1. The van der Waals surface area contributed by atoms with Crippen molar-refractivity contribution in [2.24, 2.45) is 0 Å². The van der Waals surface area contributed by atoms with Gasteiger partial charge < -0.3 is 9.52 Å². The largest absolute Gasteiger partial charge is 0.447 e. The molecule has 1 aromatic rings. The molecule has 1 aromatic heterocycles. The van der Waals surface area contributed by atoms with Crippen LogP contribution < -0.4 is 0 Å². The lowest BCUT2D eigenvalue weighted by atomic mass is 10.2. The van der Waals surface area contributed by atoms with E-state index in [1.807, 2.05) is 0 Å². The van der Waals surface area contributed by atoms with Crippen molar-refractivity contribution in [2.45, 2.75) is 25.4 Å². The van der Waals surface area contributed by atoms with Crippen LogP contribution in [0.2, 0.25) is 0 Å². The molecule has 1 aliphatic rings. The van der Waals surface area contributed by atoms with Gasteiger partial charge in [-0.15, -0.1) is 0 Å². The van der Waals surface area contributed by atoms with Crippen molar-refractivity contribution >= 4 is 0 Å². The molecule has 2 heterocycles. The minimum atomic E-state index is 0.244. The van der Waals surface area contributed by atoms with Gasteiger partial charge in [-0.3, -0.25) is 4.90 Å². The highest BCUT2D eigenvalue weighted by Crippen LogP contribution is 2.19. The molecule has 1 unspecified atom stereocenters. The number of likely N-dealkylation sites (tertiary alicyclic amines) is 1. The van der Waals surface area contributed by atoms with Crippen molar-refractivity contribution in [3.63, 3.8) is 0 Å². The van der Waals surface area contributed by atoms with E-state index in [1.165, 1.54) is 12.8 Å². The van der Waals surface area contributed by atoms with E-state index in [1.54, 1.807) is 6.20 Å². The van der Waals surface area contributed by atoms with Gasteiger partial charge in [-0.25, -0.2) is 4.98 Å². The number of oxazole rings is 1. The summed E-state index contributed by atoms with van der Waals surface area (Å²) in [5.74, 6) is 0.875. The molecule has 0 aromatic carbocycles. The van der Waals surface area contributed by atoms with Crippen LogP contribution >= 0.6 is 0 Å². The minimum Gasteiger partial charge on any atom is -0.447 e. The van der Waals surface area contributed by atoms with Crippen molar-refractivity contribution in [2.75, 3.05) is 13.2 Å². The van der Waals surface area contributed by atoms with Crippen LogP contribution in [0, 0.1) is 0 Å². The molecule has 1 N–H and O–H groups in total. The van der Waals surface area contributed by atoms with Crippen molar-refractivity contribution in [1.82, 2.24) is 9.88 Å². The maximum absolute atomic E-state index is 9.08. The zero-order chi connectivity index (χ0) is 9.10. The molecule has 4 heteroatoms. The first-order valence-corrected chi connectivity index (χ1v) is 4.62. The molecule has 0 radical (unpaired) electrons. The number of aliphatic hydroxyl groups is 1. The smallest absolute Gasteiger partial charge is 0.180 e. The molecule has 72 valence electrons. The van der Waals surface area contributed by atoms with Gasteiger partial charge in [0.2, 0.25) is 0 Å². The monoisotopic (exact) mass is 182 g/mol. The highest BCUT2D eigenvalue weighted by Gasteiger charge is 2.24. The van der Waals surface area contributed by atoms with Crippen LogP contribution in [0.15, 0.2) is 17.0 Å². The van der Waals surface area contributed by atoms with Gasteiger partial charge in [-0.05, 0) is 19.4 Å². The predicted molar refractivity (Wildman–Crippen MR) is 47.0 cm³/mol. The van der Waals surface area contributed by atoms with Crippen LogP contribution in [-0.2, 0) is 6.54 Å². The van der Waals surface area contributed by atoms with E-state index in [2.05, 4.69) is 9.88 Å². The molecular formula is C9H14N2O2. The van der Waals surface area contributed by atoms with E-state index in [0.29, 0.717) is 6.04 Å². The Morgan fingerprint density at radius 2 is 2.62 bits per heavy atom. The Morgan fingerprint density at radius 1 is 1.69 bits per heavy atom. The number of aliphatic hydroxyl groups excluding tert-OH is 1. The highest BCUT2D eigenvalue weighted by molar-refractivity contribution is 4.91. The standard InChI is InChI=1S/C9H14N2O2/c12-6-8-2-1-3-11(8)5-9-4-10-7-13-9/h4,7-8,12H,1-3,5-6H2. The van der Waals surface area contributed by atoms with Crippen molar-refractivity contribution < 1.29 is 9.52 Å². The van der Waals surface area contributed by atoms with Gasteiger partial charge in [0.15, 0.2) is 6.39 Å². The predicted octanol–water partition coefficient (Wildman–Crippen LogP) is 0.631. The number of nitrogens with zero attached hydrogens (tertiary/aromatic N) is 2. The molecule has 0 bridgehead atoms. The summed E-state index contributed by atoms with van der Waals surface area (Å²) >= 11 is 0. The Labute approximate surface area is 77.2 Å². The van der Waals surface area contributed by atoms with Gasteiger partial charge in [-0.1, -0.05) is 0 Å². The molecule has 1 fully saturated rings. The fourth-order valence-corrected chi connectivity index (χ4v) is 1.83. The maximum Gasteiger partial charge on any atom is 0.180 e. The minimum absolute atomic E-state index is 0.244. The summed E-state index contributed by atoms with van der Waals surface area (Å²) in [6.07, 6.45) is 5.43. The second kappa shape index (κ2) is 3.89. The zero-order valence-electron chi connectivity index (χ0n) is 7.52. The third-order valence-electron chi connectivity index (χ3n) is 2.55. The van der Waals surface area contributed by atoms with Crippen LogP contribution in [0.4, 0.5) is 0 Å². The van der Waals surface area contributed by atoms with E-state index < -0.39 is 0 Å². The number of hydrogen-bond donors (Lipinski definition) is 1. The van der Waals surface area contributed by atoms with Crippen molar-refractivity contribution in [3.05, 3.63) is 18.4 Å². The summed E-state index contributed by atoms with van der Waals surface area (Å²) in [4.78, 5) is 6.10. The Bertz CT molecular complexity index is 248. The van der Waals surface area contributed by atoms with E-state index in [4.69, 9.17) is 9.52 Å². The lowest BCUT2D eigenvalue weighted by Gasteiger charge is -2.20. The van der Waals surface area contributed by atoms with Gasteiger partial charge in [0, 0.05) is 6.04 Å². The number of aromatic nitrogens is 1. The van der Waals surface area contributed by atoms with Crippen molar-refractivity contribution in [3.8, 4) is 0 Å². The van der Waals surface area contributed by atoms with E-state index in [-0.39, 0.29) is 6.61 Å². The molecule has 0 saturated carbocycles. The molecule has 1 saturated heterocycles. The van der Waals surface area contributed by atoms with Crippen LogP contribution in [0.1, 0.15) is 18.6 Å².